The average molecular weight is 312 g/mol. The van der Waals surface area contributed by atoms with Gasteiger partial charge < -0.3 is 15.7 Å². The van der Waals surface area contributed by atoms with E-state index in [4.69, 9.17) is 5.11 Å². The zero-order chi connectivity index (χ0) is 16.7. The molecule has 120 valence electrons. The van der Waals surface area contributed by atoms with Gasteiger partial charge in [0.25, 0.3) is 5.91 Å². The van der Waals surface area contributed by atoms with Gasteiger partial charge in [-0.1, -0.05) is 25.1 Å². The van der Waals surface area contributed by atoms with Crippen LogP contribution in [0.1, 0.15) is 29.3 Å². The standard InChI is InChI=1S/C18H20N2O3/c1-2-17(22)19-16-5-3-4-14(12-16)18(23)20-15-8-6-13(7-9-15)10-11-21/h3-9,12,21H,2,10-11H2,1H3,(H,19,22)(H,20,23). The van der Waals surface area contributed by atoms with E-state index in [1.54, 1.807) is 43.3 Å². The Morgan fingerprint density at radius 2 is 1.74 bits per heavy atom. The molecular formula is C18H20N2O3. The largest absolute Gasteiger partial charge is 0.396 e. The predicted molar refractivity (Wildman–Crippen MR) is 90.5 cm³/mol. The lowest BCUT2D eigenvalue weighted by Gasteiger charge is -2.08. The molecular weight excluding hydrogens is 292 g/mol. The molecule has 0 saturated heterocycles. The van der Waals surface area contributed by atoms with E-state index in [9.17, 15) is 9.59 Å². The van der Waals surface area contributed by atoms with Gasteiger partial charge in [-0.2, -0.15) is 0 Å². The summed E-state index contributed by atoms with van der Waals surface area (Å²) in [6.45, 7) is 1.87. The quantitative estimate of drug-likeness (QED) is 0.767. The van der Waals surface area contributed by atoms with Crippen LogP contribution >= 0.6 is 0 Å². The monoisotopic (exact) mass is 312 g/mol. The van der Waals surface area contributed by atoms with Gasteiger partial charge in [-0.3, -0.25) is 9.59 Å². The topological polar surface area (TPSA) is 78.4 Å². The van der Waals surface area contributed by atoms with Crippen molar-refractivity contribution in [2.45, 2.75) is 19.8 Å². The molecule has 2 amide bonds. The number of rotatable bonds is 6. The Bertz CT molecular complexity index is 681. The van der Waals surface area contributed by atoms with Crippen molar-refractivity contribution >= 4 is 23.2 Å². The average Bonchev–Trinajstić information content (AvgIpc) is 2.57. The van der Waals surface area contributed by atoms with Crippen LogP contribution in [0.2, 0.25) is 0 Å². The van der Waals surface area contributed by atoms with Crippen molar-refractivity contribution in [3.63, 3.8) is 0 Å². The Morgan fingerprint density at radius 3 is 2.39 bits per heavy atom. The minimum absolute atomic E-state index is 0.0953. The van der Waals surface area contributed by atoms with Crippen LogP contribution in [0.3, 0.4) is 0 Å². The van der Waals surface area contributed by atoms with Crippen LogP contribution in [0, 0.1) is 0 Å². The number of carbonyl (C=O) groups is 2. The summed E-state index contributed by atoms with van der Waals surface area (Å²) in [7, 11) is 0. The fourth-order valence-electron chi connectivity index (χ4n) is 2.07. The van der Waals surface area contributed by atoms with Gasteiger partial charge in [0.1, 0.15) is 0 Å². The smallest absolute Gasteiger partial charge is 0.255 e. The van der Waals surface area contributed by atoms with Crippen LogP contribution in [0.15, 0.2) is 48.5 Å². The third-order valence-corrected chi connectivity index (χ3v) is 3.34. The van der Waals surface area contributed by atoms with Gasteiger partial charge in [0.2, 0.25) is 5.91 Å². The second-order valence-corrected chi connectivity index (χ2v) is 5.11. The third-order valence-electron chi connectivity index (χ3n) is 3.34. The molecule has 2 aromatic rings. The lowest BCUT2D eigenvalue weighted by atomic mass is 10.1. The Balaban J connectivity index is 2.05. The molecule has 0 spiro atoms. The minimum Gasteiger partial charge on any atom is -0.396 e. The summed E-state index contributed by atoms with van der Waals surface area (Å²) in [6.07, 6.45) is 0.976. The Morgan fingerprint density at radius 1 is 1.00 bits per heavy atom. The van der Waals surface area contributed by atoms with Gasteiger partial charge in [-0.25, -0.2) is 0 Å². The second-order valence-electron chi connectivity index (χ2n) is 5.11. The van der Waals surface area contributed by atoms with E-state index in [0.717, 1.165) is 5.56 Å². The van der Waals surface area contributed by atoms with Crippen molar-refractivity contribution in [1.29, 1.82) is 0 Å². The van der Waals surface area contributed by atoms with E-state index >= 15 is 0 Å². The lowest BCUT2D eigenvalue weighted by molar-refractivity contribution is -0.115. The first-order valence-corrected chi connectivity index (χ1v) is 7.53. The molecule has 0 aromatic heterocycles. The summed E-state index contributed by atoms with van der Waals surface area (Å²) in [5.74, 6) is -0.338. The zero-order valence-corrected chi connectivity index (χ0v) is 13.0. The first-order valence-electron chi connectivity index (χ1n) is 7.53. The van der Waals surface area contributed by atoms with Gasteiger partial charge in [0.05, 0.1) is 0 Å². The summed E-state index contributed by atoms with van der Waals surface area (Å²) >= 11 is 0. The van der Waals surface area contributed by atoms with Crippen molar-refractivity contribution < 1.29 is 14.7 Å². The van der Waals surface area contributed by atoms with E-state index in [-0.39, 0.29) is 18.4 Å². The first-order chi connectivity index (χ1) is 11.1. The van der Waals surface area contributed by atoms with Crippen LogP contribution in [0.5, 0.6) is 0 Å². The Labute approximate surface area is 135 Å². The fourth-order valence-corrected chi connectivity index (χ4v) is 2.07. The molecule has 23 heavy (non-hydrogen) atoms. The molecule has 0 unspecified atom stereocenters. The van der Waals surface area contributed by atoms with Crippen LogP contribution in [0.25, 0.3) is 0 Å². The molecule has 2 aromatic carbocycles. The summed E-state index contributed by atoms with van der Waals surface area (Å²) < 4.78 is 0. The van der Waals surface area contributed by atoms with Gasteiger partial charge in [0, 0.05) is 30.0 Å². The molecule has 0 atom stereocenters. The van der Waals surface area contributed by atoms with Crippen molar-refractivity contribution in [3.8, 4) is 0 Å². The van der Waals surface area contributed by atoms with Crippen LogP contribution in [-0.2, 0) is 11.2 Å². The maximum absolute atomic E-state index is 12.3. The predicted octanol–water partition coefficient (Wildman–Crippen LogP) is 2.82. The molecule has 0 heterocycles. The highest BCUT2D eigenvalue weighted by Gasteiger charge is 2.08. The fraction of sp³-hybridized carbons (Fsp3) is 0.222. The minimum atomic E-state index is -0.243. The molecule has 0 radical (unpaired) electrons. The van der Waals surface area contributed by atoms with E-state index in [0.29, 0.717) is 29.8 Å². The molecule has 0 aliphatic carbocycles. The molecule has 0 aliphatic heterocycles. The van der Waals surface area contributed by atoms with Crippen LogP contribution < -0.4 is 10.6 Å². The van der Waals surface area contributed by atoms with Crippen molar-refractivity contribution in [2.24, 2.45) is 0 Å². The Kier molecular flexibility index (Phi) is 5.88. The number of amides is 2. The van der Waals surface area contributed by atoms with Crippen molar-refractivity contribution in [2.75, 3.05) is 17.2 Å². The van der Waals surface area contributed by atoms with Gasteiger partial charge in [0.15, 0.2) is 0 Å². The maximum Gasteiger partial charge on any atom is 0.255 e. The number of nitrogens with one attached hydrogen (secondary N) is 2. The number of anilines is 2. The highest BCUT2D eigenvalue weighted by molar-refractivity contribution is 6.05. The SMILES string of the molecule is CCC(=O)Nc1cccc(C(=O)Nc2ccc(CCO)cc2)c1. The normalized spacial score (nSPS) is 10.2. The maximum atomic E-state index is 12.3. The summed E-state index contributed by atoms with van der Waals surface area (Å²) in [5, 5.41) is 14.4. The third kappa shape index (κ3) is 4.93. The Hall–Kier alpha value is -2.66. The van der Waals surface area contributed by atoms with Crippen molar-refractivity contribution in [3.05, 3.63) is 59.7 Å². The number of hydrogen-bond acceptors (Lipinski definition) is 3. The van der Waals surface area contributed by atoms with Gasteiger partial charge in [-0.05, 0) is 42.3 Å². The number of hydrogen-bond donors (Lipinski definition) is 3. The first kappa shape index (κ1) is 16.7. The molecule has 0 aliphatic rings. The van der Waals surface area contributed by atoms with E-state index in [2.05, 4.69) is 10.6 Å². The number of benzene rings is 2. The van der Waals surface area contributed by atoms with E-state index in [1.165, 1.54) is 0 Å². The summed E-state index contributed by atoms with van der Waals surface area (Å²) in [4.78, 5) is 23.7. The number of aliphatic hydroxyl groups excluding tert-OH is 1. The van der Waals surface area contributed by atoms with Crippen LogP contribution in [0.4, 0.5) is 11.4 Å². The molecule has 0 bridgehead atoms. The van der Waals surface area contributed by atoms with Crippen molar-refractivity contribution in [1.82, 2.24) is 0 Å². The highest BCUT2D eigenvalue weighted by atomic mass is 16.3. The highest BCUT2D eigenvalue weighted by Crippen LogP contribution is 2.15. The van der Waals surface area contributed by atoms with Gasteiger partial charge >= 0.3 is 0 Å². The summed E-state index contributed by atoms with van der Waals surface area (Å²) in [6, 6.07) is 14.1. The van der Waals surface area contributed by atoms with Gasteiger partial charge in [-0.15, -0.1) is 0 Å². The van der Waals surface area contributed by atoms with E-state index in [1.807, 2.05) is 12.1 Å². The molecule has 0 saturated carbocycles. The number of carbonyl (C=O) groups excluding carboxylic acids is 2. The molecule has 3 N–H and O–H groups in total. The van der Waals surface area contributed by atoms with E-state index < -0.39 is 0 Å². The summed E-state index contributed by atoms with van der Waals surface area (Å²) in [5.41, 5.74) is 2.76. The molecule has 0 fully saturated rings. The number of aliphatic hydroxyl groups is 1. The molecule has 5 nitrogen and oxygen atoms in total. The molecule has 2 rings (SSSR count). The second kappa shape index (κ2) is 8.10. The van der Waals surface area contributed by atoms with Crippen LogP contribution in [-0.4, -0.2) is 23.5 Å². The zero-order valence-electron chi connectivity index (χ0n) is 13.0. The molecule has 5 heteroatoms. The lowest BCUT2D eigenvalue weighted by Crippen LogP contribution is -2.14.